The smallest absolute Gasteiger partial charge is 0.163 e. The normalized spacial score (nSPS) is 17.7. The van der Waals surface area contributed by atoms with Gasteiger partial charge in [-0.15, -0.1) is 0 Å². The third-order valence-corrected chi connectivity index (χ3v) is 2.66. The predicted octanol–water partition coefficient (Wildman–Crippen LogP) is 1.64. The molecule has 0 spiro atoms. The largest absolute Gasteiger partial charge is 0.486 e. The van der Waals surface area contributed by atoms with Crippen LogP contribution < -0.4 is 14.8 Å². The first-order valence-electron chi connectivity index (χ1n) is 5.51. The highest BCUT2D eigenvalue weighted by Crippen LogP contribution is 2.32. The quantitative estimate of drug-likeness (QED) is 0.818. The molecule has 88 valence electrons. The van der Waals surface area contributed by atoms with Crippen LogP contribution in [-0.2, 0) is 0 Å². The number of aliphatic hydroxyl groups is 1. The van der Waals surface area contributed by atoms with Crippen LogP contribution in [0.2, 0.25) is 0 Å². The Labute approximate surface area is 95.2 Å². The summed E-state index contributed by atoms with van der Waals surface area (Å²) in [4.78, 5) is 0. The van der Waals surface area contributed by atoms with Crippen LogP contribution in [0.3, 0.4) is 0 Å². The van der Waals surface area contributed by atoms with E-state index in [-0.39, 0.29) is 6.04 Å². The van der Waals surface area contributed by atoms with Crippen LogP contribution in [0.15, 0.2) is 18.2 Å². The van der Waals surface area contributed by atoms with E-state index in [2.05, 4.69) is 5.32 Å². The lowest BCUT2D eigenvalue weighted by Gasteiger charge is -2.21. The van der Waals surface area contributed by atoms with Crippen molar-refractivity contribution in [1.29, 1.82) is 0 Å². The number of hydrogen-bond donors (Lipinski definition) is 2. The molecule has 1 heterocycles. The maximum atomic E-state index is 9.40. The zero-order valence-corrected chi connectivity index (χ0v) is 9.56. The van der Waals surface area contributed by atoms with E-state index in [0.29, 0.717) is 13.2 Å². The van der Waals surface area contributed by atoms with Crippen molar-refractivity contribution in [2.75, 3.05) is 18.5 Å². The highest BCUT2D eigenvalue weighted by molar-refractivity contribution is 5.55. The Kier molecular flexibility index (Phi) is 3.19. The number of nitrogens with one attached hydrogen (secondary N) is 1. The van der Waals surface area contributed by atoms with E-state index in [1.165, 1.54) is 0 Å². The number of aliphatic hydroxyl groups excluding tert-OH is 1. The molecule has 0 amide bonds. The Morgan fingerprint density at radius 2 is 1.88 bits per heavy atom. The lowest BCUT2D eigenvalue weighted by atomic mass is 10.2. The monoisotopic (exact) mass is 223 g/mol. The number of anilines is 1. The first-order chi connectivity index (χ1) is 7.66. The summed E-state index contributed by atoms with van der Waals surface area (Å²) >= 11 is 0. The van der Waals surface area contributed by atoms with E-state index in [1.54, 1.807) is 6.92 Å². The van der Waals surface area contributed by atoms with Gasteiger partial charge in [-0.1, -0.05) is 0 Å². The van der Waals surface area contributed by atoms with Gasteiger partial charge in [-0.25, -0.2) is 0 Å². The van der Waals surface area contributed by atoms with Crippen molar-refractivity contribution in [1.82, 2.24) is 0 Å². The second kappa shape index (κ2) is 4.61. The number of fused-ring (bicyclic) bond motifs is 1. The van der Waals surface area contributed by atoms with E-state index < -0.39 is 6.10 Å². The summed E-state index contributed by atoms with van der Waals surface area (Å²) in [6, 6.07) is 5.70. The van der Waals surface area contributed by atoms with Crippen molar-refractivity contribution in [3.05, 3.63) is 18.2 Å². The van der Waals surface area contributed by atoms with Crippen LogP contribution in [0.4, 0.5) is 5.69 Å². The Hall–Kier alpha value is -1.42. The van der Waals surface area contributed by atoms with Gasteiger partial charge in [-0.05, 0) is 26.0 Å². The van der Waals surface area contributed by atoms with Crippen molar-refractivity contribution in [2.24, 2.45) is 0 Å². The topological polar surface area (TPSA) is 50.7 Å². The third-order valence-electron chi connectivity index (χ3n) is 2.66. The molecule has 4 nitrogen and oxygen atoms in total. The van der Waals surface area contributed by atoms with Gasteiger partial charge < -0.3 is 19.9 Å². The van der Waals surface area contributed by atoms with E-state index in [1.807, 2.05) is 25.1 Å². The van der Waals surface area contributed by atoms with E-state index in [9.17, 15) is 5.11 Å². The molecule has 2 atom stereocenters. The number of benzene rings is 1. The molecule has 0 aromatic heterocycles. The van der Waals surface area contributed by atoms with Crippen LogP contribution in [0.1, 0.15) is 13.8 Å². The van der Waals surface area contributed by atoms with E-state index in [0.717, 1.165) is 17.2 Å². The lowest BCUT2D eigenvalue weighted by molar-refractivity contribution is 0.171. The predicted molar refractivity (Wildman–Crippen MR) is 62.2 cm³/mol. The van der Waals surface area contributed by atoms with Crippen LogP contribution in [0, 0.1) is 0 Å². The molecule has 1 aromatic carbocycles. The van der Waals surface area contributed by atoms with Crippen molar-refractivity contribution < 1.29 is 14.6 Å². The van der Waals surface area contributed by atoms with Gasteiger partial charge in [0, 0.05) is 17.8 Å². The fourth-order valence-corrected chi connectivity index (χ4v) is 1.52. The van der Waals surface area contributed by atoms with E-state index in [4.69, 9.17) is 9.47 Å². The first kappa shape index (κ1) is 11.1. The Morgan fingerprint density at radius 1 is 1.19 bits per heavy atom. The minimum absolute atomic E-state index is 0.00237. The van der Waals surface area contributed by atoms with Gasteiger partial charge in [0.05, 0.1) is 6.10 Å². The molecular formula is C12H17NO3. The summed E-state index contributed by atoms with van der Waals surface area (Å²) in [5, 5.41) is 12.6. The molecule has 2 rings (SSSR count). The number of hydrogen-bond acceptors (Lipinski definition) is 4. The fraction of sp³-hybridized carbons (Fsp3) is 0.500. The van der Waals surface area contributed by atoms with Crippen LogP contribution in [0.25, 0.3) is 0 Å². The second-order valence-electron chi connectivity index (χ2n) is 4.03. The molecule has 0 aliphatic carbocycles. The average Bonchev–Trinajstić information content (AvgIpc) is 2.28. The van der Waals surface area contributed by atoms with Gasteiger partial charge >= 0.3 is 0 Å². The third kappa shape index (κ3) is 2.39. The molecule has 1 aliphatic rings. The Morgan fingerprint density at radius 3 is 2.56 bits per heavy atom. The fourth-order valence-electron chi connectivity index (χ4n) is 1.52. The Bertz CT molecular complexity index is 365. The zero-order chi connectivity index (χ0) is 11.5. The van der Waals surface area contributed by atoms with Crippen molar-refractivity contribution in [3.63, 3.8) is 0 Å². The van der Waals surface area contributed by atoms with Crippen LogP contribution >= 0.6 is 0 Å². The minimum Gasteiger partial charge on any atom is -0.486 e. The zero-order valence-electron chi connectivity index (χ0n) is 9.56. The lowest BCUT2D eigenvalue weighted by Crippen LogP contribution is -2.27. The SMILES string of the molecule is CC(O)C(C)Nc1ccc2c(c1)OCCO2. The molecule has 0 radical (unpaired) electrons. The molecule has 2 N–H and O–H groups in total. The summed E-state index contributed by atoms with van der Waals surface area (Å²) in [5.74, 6) is 1.54. The minimum atomic E-state index is -0.395. The van der Waals surface area contributed by atoms with Gasteiger partial charge in [-0.2, -0.15) is 0 Å². The molecule has 1 aromatic rings. The van der Waals surface area contributed by atoms with Crippen molar-refractivity contribution in [3.8, 4) is 11.5 Å². The van der Waals surface area contributed by atoms with E-state index >= 15 is 0 Å². The number of ether oxygens (including phenoxy) is 2. The first-order valence-corrected chi connectivity index (χ1v) is 5.51. The molecule has 0 fully saturated rings. The summed E-state index contributed by atoms with van der Waals surface area (Å²) in [5.41, 5.74) is 0.928. The van der Waals surface area contributed by atoms with Crippen LogP contribution in [-0.4, -0.2) is 30.5 Å². The molecule has 0 saturated carbocycles. The van der Waals surface area contributed by atoms with Crippen molar-refractivity contribution >= 4 is 5.69 Å². The maximum absolute atomic E-state index is 9.40. The average molecular weight is 223 g/mol. The molecule has 0 saturated heterocycles. The van der Waals surface area contributed by atoms with Gasteiger partial charge in [0.15, 0.2) is 11.5 Å². The molecule has 4 heteroatoms. The van der Waals surface area contributed by atoms with Gasteiger partial charge in [-0.3, -0.25) is 0 Å². The second-order valence-corrected chi connectivity index (χ2v) is 4.03. The molecule has 16 heavy (non-hydrogen) atoms. The van der Waals surface area contributed by atoms with Crippen molar-refractivity contribution in [2.45, 2.75) is 26.0 Å². The molecule has 1 aliphatic heterocycles. The Balaban J connectivity index is 2.11. The summed E-state index contributed by atoms with van der Waals surface area (Å²) in [6.07, 6.45) is -0.395. The molecule has 2 unspecified atom stereocenters. The van der Waals surface area contributed by atoms with Gasteiger partial charge in [0.1, 0.15) is 13.2 Å². The summed E-state index contributed by atoms with van der Waals surface area (Å²) in [7, 11) is 0. The van der Waals surface area contributed by atoms with Gasteiger partial charge in [0.25, 0.3) is 0 Å². The molecular weight excluding hydrogens is 206 g/mol. The highest BCUT2D eigenvalue weighted by atomic mass is 16.6. The maximum Gasteiger partial charge on any atom is 0.163 e. The standard InChI is InChI=1S/C12H17NO3/c1-8(9(2)14)13-10-3-4-11-12(7-10)16-6-5-15-11/h3-4,7-9,13-14H,5-6H2,1-2H3. The van der Waals surface area contributed by atoms with Gasteiger partial charge in [0.2, 0.25) is 0 Å². The number of rotatable bonds is 3. The highest BCUT2D eigenvalue weighted by Gasteiger charge is 2.13. The summed E-state index contributed by atoms with van der Waals surface area (Å²) < 4.78 is 10.9. The van der Waals surface area contributed by atoms with Crippen LogP contribution in [0.5, 0.6) is 11.5 Å². The molecule has 0 bridgehead atoms. The summed E-state index contributed by atoms with van der Waals surface area (Å²) in [6.45, 7) is 4.88.